The van der Waals surface area contributed by atoms with Crippen molar-refractivity contribution in [3.05, 3.63) is 57.6 Å². The highest BCUT2D eigenvalue weighted by molar-refractivity contribution is 6.35. The van der Waals surface area contributed by atoms with Crippen LogP contribution in [0.25, 0.3) is 0 Å². The number of aromatic nitrogens is 2. The first-order chi connectivity index (χ1) is 10.2. The van der Waals surface area contributed by atoms with Gasteiger partial charge in [-0.15, -0.1) is 0 Å². The Bertz CT molecular complexity index is 593. The fourth-order valence-corrected chi connectivity index (χ4v) is 2.33. The topological polar surface area (TPSA) is 47.0 Å². The summed E-state index contributed by atoms with van der Waals surface area (Å²) in [5, 5.41) is 4.51. The van der Waals surface area contributed by atoms with Crippen LogP contribution in [0.4, 0.5) is 0 Å². The second kappa shape index (κ2) is 8.29. The Hall–Kier alpha value is -1.20. The van der Waals surface area contributed by atoms with Crippen LogP contribution in [-0.4, -0.2) is 30.2 Å². The van der Waals surface area contributed by atoms with Gasteiger partial charge in [-0.3, -0.25) is 0 Å². The molecule has 6 heteroatoms. The number of hydrogen-bond donors (Lipinski definition) is 1. The lowest BCUT2D eigenvalue weighted by Crippen LogP contribution is -2.19. The summed E-state index contributed by atoms with van der Waals surface area (Å²) in [7, 11) is 1.68. The molecule has 1 heterocycles. The van der Waals surface area contributed by atoms with E-state index >= 15 is 0 Å². The quantitative estimate of drug-likeness (QED) is 0.794. The lowest BCUT2D eigenvalue weighted by atomic mass is 10.1. The summed E-state index contributed by atoms with van der Waals surface area (Å²) in [6, 6.07) is 7.35. The van der Waals surface area contributed by atoms with Crippen LogP contribution in [0.3, 0.4) is 0 Å². The summed E-state index contributed by atoms with van der Waals surface area (Å²) in [5.41, 5.74) is 1.91. The van der Waals surface area contributed by atoms with Gasteiger partial charge in [0.15, 0.2) is 0 Å². The van der Waals surface area contributed by atoms with E-state index in [0.717, 1.165) is 23.6 Å². The van der Waals surface area contributed by atoms with Crippen molar-refractivity contribution >= 4 is 23.2 Å². The highest BCUT2D eigenvalue weighted by Crippen LogP contribution is 2.22. The summed E-state index contributed by atoms with van der Waals surface area (Å²) in [6.07, 6.45) is 2.35. The summed E-state index contributed by atoms with van der Waals surface area (Å²) < 4.78 is 4.98. The molecule has 0 fully saturated rings. The summed E-state index contributed by atoms with van der Waals surface area (Å²) in [5.74, 6) is 0.741. The van der Waals surface area contributed by atoms with Crippen LogP contribution in [0.5, 0.6) is 0 Å². The van der Waals surface area contributed by atoms with Crippen molar-refractivity contribution in [1.29, 1.82) is 0 Å². The molecule has 1 N–H and O–H groups in total. The zero-order chi connectivity index (χ0) is 15.1. The number of rotatable bonds is 7. The van der Waals surface area contributed by atoms with Crippen molar-refractivity contribution in [3.63, 3.8) is 0 Å². The minimum atomic E-state index is 0.585. The van der Waals surface area contributed by atoms with Crippen LogP contribution in [-0.2, 0) is 17.7 Å². The van der Waals surface area contributed by atoms with Crippen molar-refractivity contribution < 1.29 is 4.74 Å². The van der Waals surface area contributed by atoms with Gasteiger partial charge in [0, 0.05) is 42.9 Å². The number of nitrogens with one attached hydrogen (secondary N) is 1. The molecule has 0 bridgehead atoms. The Kier molecular flexibility index (Phi) is 6.39. The van der Waals surface area contributed by atoms with E-state index in [4.69, 9.17) is 27.9 Å². The van der Waals surface area contributed by atoms with Gasteiger partial charge in [0.1, 0.15) is 5.82 Å². The zero-order valence-corrected chi connectivity index (χ0v) is 13.3. The molecule has 0 unspecified atom stereocenters. The molecular formula is C15H17Cl2N3O. The van der Waals surface area contributed by atoms with Gasteiger partial charge in [-0.2, -0.15) is 0 Å². The third-order valence-corrected chi connectivity index (χ3v) is 3.50. The van der Waals surface area contributed by atoms with Crippen molar-refractivity contribution in [2.24, 2.45) is 0 Å². The van der Waals surface area contributed by atoms with E-state index in [9.17, 15) is 0 Å². The SMILES string of the molecule is COCCNCc1ccnc(Cc2ccc(Cl)cc2Cl)n1. The molecule has 0 saturated carbocycles. The molecule has 0 aliphatic heterocycles. The largest absolute Gasteiger partial charge is 0.383 e. The lowest BCUT2D eigenvalue weighted by molar-refractivity contribution is 0.199. The molecule has 0 aliphatic carbocycles. The van der Waals surface area contributed by atoms with E-state index in [0.29, 0.717) is 29.6 Å². The van der Waals surface area contributed by atoms with Gasteiger partial charge in [-0.1, -0.05) is 29.3 Å². The first-order valence-electron chi connectivity index (χ1n) is 6.63. The number of benzene rings is 1. The van der Waals surface area contributed by atoms with Crippen molar-refractivity contribution in [1.82, 2.24) is 15.3 Å². The Balaban J connectivity index is 2.00. The van der Waals surface area contributed by atoms with Gasteiger partial charge < -0.3 is 10.1 Å². The maximum absolute atomic E-state index is 6.17. The molecule has 0 atom stereocenters. The van der Waals surface area contributed by atoms with Crippen LogP contribution in [0, 0.1) is 0 Å². The first-order valence-corrected chi connectivity index (χ1v) is 7.39. The van der Waals surface area contributed by atoms with Crippen LogP contribution in [0.15, 0.2) is 30.5 Å². The van der Waals surface area contributed by atoms with Gasteiger partial charge in [0.25, 0.3) is 0 Å². The first kappa shape index (κ1) is 16.2. The minimum Gasteiger partial charge on any atom is -0.383 e. The van der Waals surface area contributed by atoms with E-state index in [1.165, 1.54) is 0 Å². The molecule has 0 aliphatic rings. The fraction of sp³-hybridized carbons (Fsp3) is 0.333. The number of hydrogen-bond acceptors (Lipinski definition) is 4. The average molecular weight is 326 g/mol. The van der Waals surface area contributed by atoms with Crippen LogP contribution >= 0.6 is 23.2 Å². The lowest BCUT2D eigenvalue weighted by Gasteiger charge is -2.07. The van der Waals surface area contributed by atoms with Crippen LogP contribution < -0.4 is 5.32 Å². The van der Waals surface area contributed by atoms with Crippen molar-refractivity contribution in [2.45, 2.75) is 13.0 Å². The molecular weight excluding hydrogens is 309 g/mol. The van der Waals surface area contributed by atoms with Gasteiger partial charge in [0.05, 0.1) is 12.3 Å². The maximum atomic E-state index is 6.17. The third kappa shape index (κ3) is 5.25. The van der Waals surface area contributed by atoms with Gasteiger partial charge in [-0.05, 0) is 23.8 Å². The van der Waals surface area contributed by atoms with Crippen LogP contribution in [0.2, 0.25) is 10.0 Å². The molecule has 2 aromatic rings. The van der Waals surface area contributed by atoms with E-state index < -0.39 is 0 Å². The molecule has 1 aromatic heterocycles. The van der Waals surface area contributed by atoms with E-state index in [1.807, 2.05) is 18.2 Å². The summed E-state index contributed by atoms with van der Waals surface area (Å²) in [4.78, 5) is 8.81. The second-order valence-electron chi connectivity index (χ2n) is 4.55. The number of methoxy groups -OCH3 is 1. The second-order valence-corrected chi connectivity index (χ2v) is 5.39. The number of halogens is 2. The Morgan fingerprint density at radius 2 is 2.10 bits per heavy atom. The number of nitrogens with zero attached hydrogens (tertiary/aromatic N) is 2. The fourth-order valence-electron chi connectivity index (χ4n) is 1.85. The maximum Gasteiger partial charge on any atom is 0.133 e. The molecule has 21 heavy (non-hydrogen) atoms. The van der Waals surface area contributed by atoms with Gasteiger partial charge >= 0.3 is 0 Å². The van der Waals surface area contributed by atoms with Gasteiger partial charge in [0.2, 0.25) is 0 Å². The monoisotopic (exact) mass is 325 g/mol. The van der Waals surface area contributed by atoms with Crippen molar-refractivity contribution in [2.75, 3.05) is 20.3 Å². The predicted octanol–water partition coefficient (Wildman–Crippen LogP) is 3.11. The zero-order valence-electron chi connectivity index (χ0n) is 11.8. The Morgan fingerprint density at radius 1 is 1.24 bits per heavy atom. The number of ether oxygens (including phenoxy) is 1. The Labute approximate surface area is 134 Å². The minimum absolute atomic E-state index is 0.585. The van der Waals surface area contributed by atoms with Crippen LogP contribution in [0.1, 0.15) is 17.1 Å². The molecule has 0 amide bonds. The summed E-state index contributed by atoms with van der Waals surface area (Å²) >= 11 is 12.1. The normalized spacial score (nSPS) is 10.8. The molecule has 0 spiro atoms. The molecule has 112 valence electrons. The van der Waals surface area contributed by atoms with E-state index in [-0.39, 0.29) is 0 Å². The van der Waals surface area contributed by atoms with Gasteiger partial charge in [-0.25, -0.2) is 9.97 Å². The highest BCUT2D eigenvalue weighted by atomic mass is 35.5. The smallest absolute Gasteiger partial charge is 0.133 e. The standard InChI is InChI=1S/C15H17Cl2N3O/c1-21-7-6-18-10-13-4-5-19-15(20-13)8-11-2-3-12(16)9-14(11)17/h2-5,9,18H,6-8,10H2,1H3. The average Bonchev–Trinajstić information content (AvgIpc) is 2.47. The Morgan fingerprint density at radius 3 is 2.86 bits per heavy atom. The molecule has 4 nitrogen and oxygen atoms in total. The highest BCUT2D eigenvalue weighted by Gasteiger charge is 2.06. The predicted molar refractivity (Wildman–Crippen MR) is 84.9 cm³/mol. The summed E-state index contributed by atoms with van der Waals surface area (Å²) in [6.45, 7) is 2.16. The van der Waals surface area contributed by atoms with Crippen molar-refractivity contribution in [3.8, 4) is 0 Å². The molecule has 0 saturated heterocycles. The molecule has 1 aromatic carbocycles. The van der Waals surface area contributed by atoms with E-state index in [1.54, 1.807) is 19.4 Å². The molecule has 2 rings (SSSR count). The molecule has 0 radical (unpaired) electrons. The van der Waals surface area contributed by atoms with E-state index in [2.05, 4.69) is 15.3 Å². The third-order valence-electron chi connectivity index (χ3n) is 2.92.